The third-order valence-electron chi connectivity index (χ3n) is 4.25. The Morgan fingerprint density at radius 2 is 1.88 bits per heavy atom. The molecule has 2 aromatic carbocycles. The van der Waals surface area contributed by atoms with Gasteiger partial charge in [0.1, 0.15) is 11.8 Å². The van der Waals surface area contributed by atoms with Gasteiger partial charge >= 0.3 is 0 Å². The van der Waals surface area contributed by atoms with E-state index in [1.54, 1.807) is 19.4 Å². The van der Waals surface area contributed by atoms with Crippen LogP contribution in [0, 0.1) is 0 Å². The predicted molar refractivity (Wildman–Crippen MR) is 98.3 cm³/mol. The zero-order chi connectivity index (χ0) is 18.0. The number of Topliss-reactive ketones (excluding diaryl/α,β-unsaturated/α-hetero) is 1. The molecule has 5 nitrogen and oxygen atoms in total. The summed E-state index contributed by atoms with van der Waals surface area (Å²) in [4.78, 5) is 24.6. The topological polar surface area (TPSA) is 60.3 Å². The Hall–Kier alpha value is -3.08. The first kappa shape index (κ1) is 16.8. The second-order valence-corrected chi connectivity index (χ2v) is 5.92. The van der Waals surface area contributed by atoms with Crippen molar-refractivity contribution < 1.29 is 14.3 Å². The molecule has 1 N–H and O–H groups in total. The molecular formula is C20H20N2O3. The summed E-state index contributed by atoms with van der Waals surface area (Å²) in [6.45, 7) is 3.35. The average molecular weight is 336 g/mol. The minimum atomic E-state index is -0.468. The summed E-state index contributed by atoms with van der Waals surface area (Å²) in [5.41, 5.74) is 2.15. The summed E-state index contributed by atoms with van der Waals surface area (Å²) in [5, 5.41) is 3.75. The second-order valence-electron chi connectivity index (χ2n) is 5.92. The number of hydrogen-bond donors (Lipinski definition) is 1. The molecule has 0 unspecified atom stereocenters. The summed E-state index contributed by atoms with van der Waals surface area (Å²) in [6.07, 6.45) is 1.75. The van der Waals surface area contributed by atoms with Crippen molar-refractivity contribution in [1.82, 2.24) is 4.57 Å². The van der Waals surface area contributed by atoms with Crippen LogP contribution in [0.4, 0.5) is 5.69 Å². The van der Waals surface area contributed by atoms with Crippen LogP contribution in [0.2, 0.25) is 0 Å². The largest absolute Gasteiger partial charge is 0.497 e. The molecule has 0 aliphatic rings. The average Bonchev–Trinajstić information content (AvgIpc) is 3.01. The van der Waals surface area contributed by atoms with Crippen LogP contribution in [0.3, 0.4) is 0 Å². The highest BCUT2D eigenvalue weighted by atomic mass is 16.5. The van der Waals surface area contributed by atoms with Gasteiger partial charge in [-0.2, -0.15) is 0 Å². The predicted octanol–water partition coefficient (Wildman–Crippen LogP) is 4.05. The standard InChI is InChI=1S/C20H20N2O3/c1-13(20(24)21-15-7-6-8-16(11-15)25-3)22-12-18(14(2)23)17-9-4-5-10-19(17)22/h4-13H,1-3H3,(H,21,24)/t13-/m1/s1. The number of anilines is 1. The van der Waals surface area contributed by atoms with Gasteiger partial charge in [0.15, 0.2) is 5.78 Å². The molecule has 1 heterocycles. The lowest BCUT2D eigenvalue weighted by Gasteiger charge is -2.15. The number of rotatable bonds is 5. The molecule has 25 heavy (non-hydrogen) atoms. The first-order valence-electron chi connectivity index (χ1n) is 8.06. The number of carbonyl (C=O) groups excluding carboxylic acids is 2. The molecule has 0 fully saturated rings. The van der Waals surface area contributed by atoms with E-state index in [9.17, 15) is 9.59 Å². The molecule has 0 saturated heterocycles. The van der Waals surface area contributed by atoms with Crippen molar-refractivity contribution in [2.24, 2.45) is 0 Å². The molecule has 3 rings (SSSR count). The van der Waals surface area contributed by atoms with Crippen molar-refractivity contribution in [1.29, 1.82) is 0 Å². The number of nitrogens with one attached hydrogen (secondary N) is 1. The van der Waals surface area contributed by atoms with Crippen molar-refractivity contribution in [2.45, 2.75) is 19.9 Å². The van der Waals surface area contributed by atoms with E-state index in [0.717, 1.165) is 10.9 Å². The van der Waals surface area contributed by atoms with Crippen LogP contribution in [0.15, 0.2) is 54.7 Å². The van der Waals surface area contributed by atoms with Crippen molar-refractivity contribution >= 4 is 28.3 Å². The van der Waals surface area contributed by atoms with E-state index in [0.29, 0.717) is 17.0 Å². The van der Waals surface area contributed by atoms with E-state index in [-0.39, 0.29) is 11.7 Å². The summed E-state index contributed by atoms with van der Waals surface area (Å²) in [7, 11) is 1.58. The van der Waals surface area contributed by atoms with Gasteiger partial charge in [-0.1, -0.05) is 24.3 Å². The lowest BCUT2D eigenvalue weighted by atomic mass is 10.1. The van der Waals surface area contributed by atoms with Crippen molar-refractivity contribution in [2.75, 3.05) is 12.4 Å². The minimum Gasteiger partial charge on any atom is -0.497 e. The SMILES string of the molecule is COc1cccc(NC(=O)[C@@H](C)n2cc(C(C)=O)c3ccccc32)c1. The minimum absolute atomic E-state index is 0.0182. The molecule has 128 valence electrons. The van der Waals surface area contributed by atoms with Gasteiger partial charge in [-0.3, -0.25) is 9.59 Å². The van der Waals surface area contributed by atoms with Crippen LogP contribution in [0.5, 0.6) is 5.75 Å². The second kappa shape index (κ2) is 6.81. The molecule has 1 aromatic heterocycles. The molecule has 3 aromatic rings. The van der Waals surface area contributed by atoms with Gasteiger partial charge in [0.2, 0.25) is 5.91 Å². The van der Waals surface area contributed by atoms with Crippen LogP contribution < -0.4 is 10.1 Å². The van der Waals surface area contributed by atoms with Gasteiger partial charge in [0, 0.05) is 34.4 Å². The number of ketones is 1. The van der Waals surface area contributed by atoms with Gasteiger partial charge in [-0.05, 0) is 32.0 Å². The van der Waals surface area contributed by atoms with Gasteiger partial charge in [0.05, 0.1) is 7.11 Å². The monoisotopic (exact) mass is 336 g/mol. The van der Waals surface area contributed by atoms with Gasteiger partial charge in [0.25, 0.3) is 0 Å². The van der Waals surface area contributed by atoms with E-state index in [2.05, 4.69) is 5.32 Å². The van der Waals surface area contributed by atoms with E-state index in [4.69, 9.17) is 4.74 Å². The highest BCUT2D eigenvalue weighted by molar-refractivity contribution is 6.07. The Kier molecular flexibility index (Phi) is 4.57. The smallest absolute Gasteiger partial charge is 0.247 e. The molecule has 0 aliphatic heterocycles. The molecular weight excluding hydrogens is 316 g/mol. The number of amides is 1. The Labute approximate surface area is 146 Å². The zero-order valence-corrected chi connectivity index (χ0v) is 14.4. The number of fused-ring (bicyclic) bond motifs is 1. The van der Waals surface area contributed by atoms with E-state index >= 15 is 0 Å². The van der Waals surface area contributed by atoms with E-state index in [1.807, 2.05) is 54.0 Å². The fourth-order valence-corrected chi connectivity index (χ4v) is 2.88. The van der Waals surface area contributed by atoms with Crippen molar-refractivity contribution in [3.05, 3.63) is 60.3 Å². The van der Waals surface area contributed by atoms with Crippen LogP contribution in [-0.4, -0.2) is 23.4 Å². The number of aromatic nitrogens is 1. The summed E-state index contributed by atoms with van der Waals surface area (Å²) >= 11 is 0. The molecule has 0 bridgehead atoms. The molecule has 0 saturated carbocycles. The van der Waals surface area contributed by atoms with Crippen LogP contribution in [0.1, 0.15) is 30.2 Å². The highest BCUT2D eigenvalue weighted by Gasteiger charge is 2.20. The van der Waals surface area contributed by atoms with Gasteiger partial charge < -0.3 is 14.6 Å². The van der Waals surface area contributed by atoms with Crippen molar-refractivity contribution in [3.8, 4) is 5.75 Å². The Bertz CT molecular complexity index is 943. The van der Waals surface area contributed by atoms with Gasteiger partial charge in [-0.25, -0.2) is 0 Å². The maximum atomic E-state index is 12.7. The number of hydrogen-bond acceptors (Lipinski definition) is 3. The number of carbonyl (C=O) groups is 2. The molecule has 1 atom stereocenters. The van der Waals surface area contributed by atoms with Crippen LogP contribution in [-0.2, 0) is 4.79 Å². The molecule has 5 heteroatoms. The van der Waals surface area contributed by atoms with Crippen molar-refractivity contribution in [3.63, 3.8) is 0 Å². The van der Waals surface area contributed by atoms with Gasteiger partial charge in [-0.15, -0.1) is 0 Å². The first-order chi connectivity index (χ1) is 12.0. The Morgan fingerprint density at radius 3 is 2.60 bits per heavy atom. The summed E-state index contributed by atoms with van der Waals surface area (Å²) in [6, 6.07) is 14.3. The summed E-state index contributed by atoms with van der Waals surface area (Å²) < 4.78 is 7.01. The number of methoxy groups -OCH3 is 1. The normalized spacial score (nSPS) is 12.0. The zero-order valence-electron chi connectivity index (χ0n) is 14.4. The van der Waals surface area contributed by atoms with Crippen LogP contribution in [0.25, 0.3) is 10.9 Å². The number of ether oxygens (including phenoxy) is 1. The van der Waals surface area contributed by atoms with E-state index in [1.165, 1.54) is 6.92 Å². The fourth-order valence-electron chi connectivity index (χ4n) is 2.88. The highest BCUT2D eigenvalue weighted by Crippen LogP contribution is 2.26. The first-order valence-corrected chi connectivity index (χ1v) is 8.06. The number of para-hydroxylation sites is 1. The summed E-state index contributed by atoms with van der Waals surface area (Å²) in [5.74, 6) is 0.496. The quantitative estimate of drug-likeness (QED) is 0.715. The third-order valence-corrected chi connectivity index (χ3v) is 4.25. The molecule has 0 spiro atoms. The third kappa shape index (κ3) is 3.26. The Balaban J connectivity index is 1.92. The maximum Gasteiger partial charge on any atom is 0.247 e. The van der Waals surface area contributed by atoms with Crippen LogP contribution >= 0.6 is 0 Å². The Morgan fingerprint density at radius 1 is 1.12 bits per heavy atom. The molecule has 0 radical (unpaired) electrons. The lowest BCUT2D eigenvalue weighted by Crippen LogP contribution is -2.23. The number of nitrogens with zero attached hydrogens (tertiary/aromatic N) is 1. The molecule has 1 amide bonds. The maximum absolute atomic E-state index is 12.7. The number of benzene rings is 2. The lowest BCUT2D eigenvalue weighted by molar-refractivity contribution is -0.118. The molecule has 0 aliphatic carbocycles. The van der Waals surface area contributed by atoms with E-state index < -0.39 is 6.04 Å². The fraction of sp³-hybridized carbons (Fsp3) is 0.200.